The topological polar surface area (TPSA) is 0 Å². The zero-order valence-electron chi connectivity index (χ0n) is 12.1. The Morgan fingerprint density at radius 1 is 0.882 bits per heavy atom. The third-order valence-corrected chi connectivity index (χ3v) is 6.91. The fourth-order valence-corrected chi connectivity index (χ4v) is 6.11. The van der Waals surface area contributed by atoms with Crippen LogP contribution < -0.4 is 0 Å². The predicted molar refractivity (Wildman–Crippen MR) is 73.9 cm³/mol. The van der Waals surface area contributed by atoms with Crippen LogP contribution in [0.25, 0.3) is 0 Å². The third-order valence-electron chi connectivity index (χ3n) is 6.91. The van der Waals surface area contributed by atoms with Gasteiger partial charge in [-0.1, -0.05) is 40.0 Å². The largest absolute Gasteiger partial charge is 0.0625 e. The van der Waals surface area contributed by atoms with Crippen LogP contribution >= 0.6 is 0 Å². The molecule has 0 bridgehead atoms. The molecule has 0 amide bonds. The summed E-state index contributed by atoms with van der Waals surface area (Å²) in [5.41, 5.74) is 1.41. The standard InChI is InChI=1S/C17H30/c1-13-7-8-15-16(2,12-13)11-9-14-6-4-5-10-17(14,15)3/h13-15H,4-12H2,1-3H3/t13-,14-,15-,16-,17+/m0/s1. The highest BCUT2D eigenvalue weighted by Gasteiger charge is 2.54. The number of hydrogen-bond acceptors (Lipinski definition) is 0. The molecule has 0 spiro atoms. The molecule has 17 heavy (non-hydrogen) atoms. The average molecular weight is 234 g/mol. The van der Waals surface area contributed by atoms with Crippen molar-refractivity contribution in [2.75, 3.05) is 0 Å². The van der Waals surface area contributed by atoms with E-state index in [1.807, 2.05) is 0 Å². The van der Waals surface area contributed by atoms with E-state index in [1.54, 1.807) is 6.42 Å². The Labute approximate surface area is 108 Å². The van der Waals surface area contributed by atoms with Gasteiger partial charge in [-0.15, -0.1) is 0 Å². The summed E-state index contributed by atoms with van der Waals surface area (Å²) in [6, 6.07) is 0. The third kappa shape index (κ3) is 1.78. The van der Waals surface area contributed by atoms with Gasteiger partial charge in [0.2, 0.25) is 0 Å². The first kappa shape index (κ1) is 12.1. The Morgan fingerprint density at radius 2 is 1.71 bits per heavy atom. The molecule has 0 aromatic carbocycles. The lowest BCUT2D eigenvalue weighted by atomic mass is 9.44. The first-order chi connectivity index (χ1) is 8.05. The molecule has 3 fully saturated rings. The van der Waals surface area contributed by atoms with Gasteiger partial charge in [0.25, 0.3) is 0 Å². The second-order valence-electron chi connectivity index (χ2n) is 8.08. The van der Waals surface area contributed by atoms with Crippen molar-refractivity contribution in [1.82, 2.24) is 0 Å². The maximum atomic E-state index is 2.66. The van der Waals surface area contributed by atoms with Crippen molar-refractivity contribution in [2.45, 2.75) is 78.6 Å². The summed E-state index contributed by atoms with van der Waals surface area (Å²) < 4.78 is 0. The molecule has 0 saturated heterocycles. The molecule has 0 aromatic rings. The first-order valence-electron chi connectivity index (χ1n) is 8.05. The molecule has 3 aliphatic rings. The van der Waals surface area contributed by atoms with Crippen LogP contribution in [-0.4, -0.2) is 0 Å². The molecule has 5 atom stereocenters. The van der Waals surface area contributed by atoms with E-state index in [9.17, 15) is 0 Å². The second-order valence-corrected chi connectivity index (χ2v) is 8.08. The number of hydrogen-bond donors (Lipinski definition) is 0. The van der Waals surface area contributed by atoms with Crippen molar-refractivity contribution in [3.05, 3.63) is 0 Å². The van der Waals surface area contributed by atoms with Gasteiger partial charge in [0.05, 0.1) is 0 Å². The monoisotopic (exact) mass is 234 g/mol. The maximum Gasteiger partial charge on any atom is -0.0264 e. The van der Waals surface area contributed by atoms with E-state index < -0.39 is 0 Å². The summed E-state index contributed by atoms with van der Waals surface area (Å²) in [5.74, 6) is 3.10. The highest BCUT2D eigenvalue weighted by Crippen LogP contribution is 2.64. The lowest BCUT2D eigenvalue weighted by molar-refractivity contribution is -0.111. The van der Waals surface area contributed by atoms with Crippen molar-refractivity contribution >= 4 is 0 Å². The van der Waals surface area contributed by atoms with Crippen LogP contribution in [0, 0.1) is 28.6 Å². The minimum Gasteiger partial charge on any atom is -0.0625 e. The van der Waals surface area contributed by atoms with Crippen LogP contribution in [0.5, 0.6) is 0 Å². The Kier molecular flexibility index (Phi) is 2.84. The smallest absolute Gasteiger partial charge is 0.0264 e. The van der Waals surface area contributed by atoms with Gasteiger partial charge in [-0.25, -0.2) is 0 Å². The summed E-state index contributed by atoms with van der Waals surface area (Å²) in [6.45, 7) is 7.77. The van der Waals surface area contributed by atoms with E-state index >= 15 is 0 Å². The van der Waals surface area contributed by atoms with Gasteiger partial charge in [0, 0.05) is 0 Å². The SMILES string of the molecule is C[C@H]1CC[C@H]2[C@@](C)(CC[C@@H]3CCCC[C@]32C)C1. The number of rotatable bonds is 0. The van der Waals surface area contributed by atoms with E-state index in [1.165, 1.54) is 51.4 Å². The molecule has 3 aliphatic carbocycles. The fraction of sp³-hybridized carbons (Fsp3) is 1.00. The van der Waals surface area contributed by atoms with E-state index in [-0.39, 0.29) is 0 Å². The Morgan fingerprint density at radius 3 is 2.53 bits per heavy atom. The van der Waals surface area contributed by atoms with E-state index in [4.69, 9.17) is 0 Å². The molecule has 0 aliphatic heterocycles. The molecule has 3 rings (SSSR count). The molecular formula is C17H30. The molecule has 0 heterocycles. The zero-order valence-corrected chi connectivity index (χ0v) is 12.1. The zero-order chi connectivity index (χ0) is 12.1. The highest BCUT2D eigenvalue weighted by molar-refractivity contribution is 5.04. The minimum atomic E-state index is 0.695. The molecule has 0 N–H and O–H groups in total. The van der Waals surface area contributed by atoms with Gasteiger partial charge < -0.3 is 0 Å². The molecule has 0 unspecified atom stereocenters. The van der Waals surface area contributed by atoms with E-state index in [0.717, 1.165) is 17.8 Å². The van der Waals surface area contributed by atoms with E-state index in [0.29, 0.717) is 10.8 Å². The molecular weight excluding hydrogens is 204 g/mol. The minimum absolute atomic E-state index is 0.695. The maximum absolute atomic E-state index is 2.66. The van der Waals surface area contributed by atoms with Crippen molar-refractivity contribution in [1.29, 1.82) is 0 Å². The van der Waals surface area contributed by atoms with Gasteiger partial charge >= 0.3 is 0 Å². The van der Waals surface area contributed by atoms with Crippen molar-refractivity contribution < 1.29 is 0 Å². The van der Waals surface area contributed by atoms with Crippen molar-refractivity contribution in [3.63, 3.8) is 0 Å². The second kappa shape index (κ2) is 4.00. The Balaban J connectivity index is 1.89. The van der Waals surface area contributed by atoms with Gasteiger partial charge in [-0.3, -0.25) is 0 Å². The molecule has 0 heteroatoms. The molecule has 0 aromatic heterocycles. The van der Waals surface area contributed by atoms with Gasteiger partial charge in [-0.05, 0) is 67.1 Å². The van der Waals surface area contributed by atoms with Crippen LogP contribution in [0.3, 0.4) is 0 Å². The molecule has 98 valence electrons. The van der Waals surface area contributed by atoms with Crippen molar-refractivity contribution in [3.8, 4) is 0 Å². The molecule has 3 saturated carbocycles. The normalized spacial score (nSPS) is 54.9. The Hall–Kier alpha value is 0. The van der Waals surface area contributed by atoms with Crippen LogP contribution in [-0.2, 0) is 0 Å². The summed E-state index contributed by atoms with van der Waals surface area (Å²) >= 11 is 0. The summed E-state index contributed by atoms with van der Waals surface area (Å²) in [4.78, 5) is 0. The first-order valence-corrected chi connectivity index (χ1v) is 8.05. The molecule has 0 nitrogen and oxygen atoms in total. The Bertz CT molecular complexity index is 294. The summed E-state index contributed by atoms with van der Waals surface area (Å²) in [7, 11) is 0. The average Bonchev–Trinajstić information content (AvgIpc) is 2.27. The molecule has 0 radical (unpaired) electrons. The predicted octanol–water partition coefficient (Wildman–Crippen LogP) is 5.42. The van der Waals surface area contributed by atoms with Gasteiger partial charge in [0.15, 0.2) is 0 Å². The summed E-state index contributed by atoms with van der Waals surface area (Å²) in [6.07, 6.45) is 13.7. The van der Waals surface area contributed by atoms with Crippen LogP contribution in [0.2, 0.25) is 0 Å². The number of fused-ring (bicyclic) bond motifs is 3. The van der Waals surface area contributed by atoms with E-state index in [2.05, 4.69) is 20.8 Å². The summed E-state index contributed by atoms with van der Waals surface area (Å²) in [5, 5.41) is 0. The highest BCUT2D eigenvalue weighted by atomic mass is 14.6. The lowest BCUT2D eigenvalue weighted by Crippen LogP contribution is -2.52. The van der Waals surface area contributed by atoms with Crippen LogP contribution in [0.15, 0.2) is 0 Å². The van der Waals surface area contributed by atoms with Crippen LogP contribution in [0.1, 0.15) is 78.6 Å². The quantitative estimate of drug-likeness (QED) is 0.525. The van der Waals surface area contributed by atoms with Gasteiger partial charge in [0.1, 0.15) is 0 Å². The van der Waals surface area contributed by atoms with Crippen molar-refractivity contribution in [2.24, 2.45) is 28.6 Å². The van der Waals surface area contributed by atoms with Crippen LogP contribution in [0.4, 0.5) is 0 Å². The lowest BCUT2D eigenvalue weighted by Gasteiger charge is -2.61. The van der Waals surface area contributed by atoms with Gasteiger partial charge in [-0.2, -0.15) is 0 Å². The fourth-order valence-electron chi connectivity index (χ4n) is 6.11.